The van der Waals surface area contributed by atoms with Crippen LogP contribution in [0.1, 0.15) is 17.8 Å². The maximum absolute atomic E-state index is 11.5. The number of nitrogens with two attached hydrogens (primary N) is 1. The molecule has 1 atom stereocenters. The highest BCUT2D eigenvalue weighted by molar-refractivity contribution is 7.91. The Bertz CT molecular complexity index is 737. The first-order chi connectivity index (χ1) is 10.0. The van der Waals surface area contributed by atoms with Gasteiger partial charge < -0.3 is 10.3 Å². The van der Waals surface area contributed by atoms with Crippen LogP contribution in [0.5, 0.6) is 0 Å². The predicted molar refractivity (Wildman–Crippen MR) is 82.6 cm³/mol. The second kappa shape index (κ2) is 5.52. The topological polar surface area (TPSA) is 78.0 Å². The number of hydrogen-bond donors (Lipinski definition) is 1. The van der Waals surface area contributed by atoms with Gasteiger partial charge >= 0.3 is 0 Å². The van der Waals surface area contributed by atoms with Gasteiger partial charge in [-0.05, 0) is 24.0 Å². The van der Waals surface area contributed by atoms with E-state index in [2.05, 4.69) is 9.55 Å². The first-order valence-corrected chi connectivity index (χ1v) is 8.89. The lowest BCUT2D eigenvalue weighted by atomic mass is 10.0. The number of nitrogens with zero attached hydrogens (tertiary/aromatic N) is 2. The minimum atomic E-state index is -2.83. The fourth-order valence-electron chi connectivity index (χ4n) is 2.83. The maximum Gasteiger partial charge on any atom is 0.150 e. The minimum Gasteiger partial charge on any atom is -0.398 e. The molecule has 2 heterocycles. The Kier molecular flexibility index (Phi) is 3.71. The standard InChI is InChI=1S/C15H19N3O2S/c16-14-4-2-1-3-13(14)10-18-7-6-17-15(18)9-12-5-8-21(19,20)11-12/h1-4,6-7,12H,5,8-11,16H2. The Hall–Kier alpha value is -1.82. The van der Waals surface area contributed by atoms with E-state index in [0.29, 0.717) is 18.7 Å². The van der Waals surface area contributed by atoms with Crippen molar-refractivity contribution in [2.24, 2.45) is 5.92 Å². The van der Waals surface area contributed by atoms with E-state index in [1.54, 1.807) is 6.20 Å². The SMILES string of the molecule is Nc1ccccc1Cn1ccnc1CC1CCS(=O)(=O)C1. The van der Waals surface area contributed by atoms with E-state index in [4.69, 9.17) is 5.73 Å². The fourth-order valence-corrected chi connectivity index (χ4v) is 4.69. The van der Waals surface area contributed by atoms with Crippen LogP contribution < -0.4 is 5.73 Å². The van der Waals surface area contributed by atoms with Gasteiger partial charge in [0.2, 0.25) is 0 Å². The molecule has 2 N–H and O–H groups in total. The Morgan fingerprint density at radius 3 is 2.86 bits per heavy atom. The molecule has 5 nitrogen and oxygen atoms in total. The summed E-state index contributed by atoms with van der Waals surface area (Å²) in [6, 6.07) is 7.76. The summed E-state index contributed by atoms with van der Waals surface area (Å²) in [6.45, 7) is 0.668. The van der Waals surface area contributed by atoms with Crippen molar-refractivity contribution in [1.82, 2.24) is 9.55 Å². The van der Waals surface area contributed by atoms with Crippen LogP contribution >= 0.6 is 0 Å². The first kappa shape index (κ1) is 14.1. The van der Waals surface area contributed by atoms with Crippen molar-refractivity contribution in [1.29, 1.82) is 0 Å². The summed E-state index contributed by atoms with van der Waals surface area (Å²) in [7, 11) is -2.83. The van der Waals surface area contributed by atoms with Crippen molar-refractivity contribution in [3.05, 3.63) is 48.0 Å². The highest BCUT2D eigenvalue weighted by Crippen LogP contribution is 2.22. The molecule has 1 aliphatic rings. The van der Waals surface area contributed by atoms with E-state index < -0.39 is 9.84 Å². The van der Waals surface area contributed by atoms with E-state index in [-0.39, 0.29) is 11.7 Å². The zero-order valence-electron chi connectivity index (χ0n) is 11.8. The van der Waals surface area contributed by atoms with Crippen LogP contribution in [0.3, 0.4) is 0 Å². The fraction of sp³-hybridized carbons (Fsp3) is 0.400. The third-order valence-corrected chi connectivity index (χ3v) is 5.83. The lowest BCUT2D eigenvalue weighted by molar-refractivity contribution is 0.551. The molecular weight excluding hydrogens is 286 g/mol. The molecule has 0 spiro atoms. The second-order valence-electron chi connectivity index (χ2n) is 5.64. The number of hydrogen-bond acceptors (Lipinski definition) is 4. The number of benzene rings is 1. The van der Waals surface area contributed by atoms with Crippen molar-refractivity contribution < 1.29 is 8.42 Å². The molecule has 0 saturated carbocycles. The highest BCUT2D eigenvalue weighted by atomic mass is 32.2. The summed E-state index contributed by atoms with van der Waals surface area (Å²) in [5.41, 5.74) is 7.79. The second-order valence-corrected chi connectivity index (χ2v) is 7.87. The number of imidazole rings is 1. The lowest BCUT2D eigenvalue weighted by Crippen LogP contribution is -2.13. The van der Waals surface area contributed by atoms with Gasteiger partial charge in [-0.25, -0.2) is 13.4 Å². The Labute approximate surface area is 124 Å². The number of aromatic nitrogens is 2. The van der Waals surface area contributed by atoms with Crippen molar-refractivity contribution >= 4 is 15.5 Å². The maximum atomic E-state index is 11.5. The summed E-state index contributed by atoms with van der Waals surface area (Å²) >= 11 is 0. The predicted octanol–water partition coefficient (Wildman–Crippen LogP) is 1.49. The van der Waals surface area contributed by atoms with Gasteiger partial charge in [0, 0.05) is 24.5 Å². The summed E-state index contributed by atoms with van der Waals surface area (Å²) < 4.78 is 25.1. The van der Waals surface area contributed by atoms with Gasteiger partial charge in [0.15, 0.2) is 9.84 Å². The molecule has 1 aromatic heterocycles. The van der Waals surface area contributed by atoms with Crippen LogP contribution in [0.4, 0.5) is 5.69 Å². The number of sulfone groups is 1. The monoisotopic (exact) mass is 305 g/mol. The van der Waals surface area contributed by atoms with E-state index in [9.17, 15) is 8.42 Å². The molecule has 1 aliphatic heterocycles. The largest absolute Gasteiger partial charge is 0.398 e. The Morgan fingerprint density at radius 2 is 2.14 bits per heavy atom. The Morgan fingerprint density at radius 1 is 1.33 bits per heavy atom. The summed E-state index contributed by atoms with van der Waals surface area (Å²) in [4.78, 5) is 4.38. The molecule has 0 aliphatic carbocycles. The molecule has 0 radical (unpaired) electrons. The zero-order valence-corrected chi connectivity index (χ0v) is 12.6. The van der Waals surface area contributed by atoms with Crippen molar-refractivity contribution in [2.45, 2.75) is 19.4 Å². The number of rotatable bonds is 4. The van der Waals surface area contributed by atoms with Gasteiger partial charge in [-0.2, -0.15) is 0 Å². The summed E-state index contributed by atoms with van der Waals surface area (Å²) in [5, 5.41) is 0. The molecule has 0 amide bonds. The first-order valence-electron chi connectivity index (χ1n) is 7.07. The smallest absolute Gasteiger partial charge is 0.150 e. The van der Waals surface area contributed by atoms with E-state index >= 15 is 0 Å². The number of anilines is 1. The molecular formula is C15H19N3O2S. The molecule has 2 aromatic rings. The molecule has 1 fully saturated rings. The minimum absolute atomic E-state index is 0.185. The van der Waals surface area contributed by atoms with Crippen molar-refractivity contribution in [2.75, 3.05) is 17.2 Å². The molecule has 3 rings (SSSR count). The number of para-hydroxylation sites is 1. The van der Waals surface area contributed by atoms with Crippen molar-refractivity contribution in [3.8, 4) is 0 Å². The van der Waals surface area contributed by atoms with E-state index in [0.717, 1.165) is 23.5 Å². The molecule has 1 saturated heterocycles. The molecule has 6 heteroatoms. The highest BCUT2D eigenvalue weighted by Gasteiger charge is 2.28. The average Bonchev–Trinajstić information content (AvgIpc) is 3.00. The van der Waals surface area contributed by atoms with Gasteiger partial charge in [0.1, 0.15) is 5.82 Å². The third-order valence-electron chi connectivity index (χ3n) is 4.00. The van der Waals surface area contributed by atoms with Gasteiger partial charge in [0.25, 0.3) is 0 Å². The zero-order chi connectivity index (χ0) is 14.9. The molecule has 0 bridgehead atoms. The van der Waals surface area contributed by atoms with E-state index in [1.807, 2.05) is 30.5 Å². The van der Waals surface area contributed by atoms with Gasteiger partial charge in [-0.1, -0.05) is 18.2 Å². The van der Waals surface area contributed by atoms with Crippen LogP contribution in [-0.4, -0.2) is 29.5 Å². The average molecular weight is 305 g/mol. The van der Waals surface area contributed by atoms with Crippen LogP contribution in [0.2, 0.25) is 0 Å². The number of nitrogen functional groups attached to an aromatic ring is 1. The van der Waals surface area contributed by atoms with Crippen LogP contribution in [0.25, 0.3) is 0 Å². The van der Waals surface area contributed by atoms with Gasteiger partial charge in [-0.3, -0.25) is 0 Å². The third kappa shape index (κ3) is 3.26. The van der Waals surface area contributed by atoms with Gasteiger partial charge in [-0.15, -0.1) is 0 Å². The summed E-state index contributed by atoms with van der Waals surface area (Å²) in [6.07, 6.45) is 5.13. The van der Waals surface area contributed by atoms with Crippen LogP contribution in [0, 0.1) is 5.92 Å². The molecule has 21 heavy (non-hydrogen) atoms. The normalized spacial score (nSPS) is 20.7. The Balaban J connectivity index is 1.74. The molecule has 1 aromatic carbocycles. The van der Waals surface area contributed by atoms with Gasteiger partial charge in [0.05, 0.1) is 18.1 Å². The molecule has 1 unspecified atom stereocenters. The van der Waals surface area contributed by atoms with Crippen LogP contribution in [-0.2, 0) is 22.8 Å². The van der Waals surface area contributed by atoms with Crippen molar-refractivity contribution in [3.63, 3.8) is 0 Å². The lowest BCUT2D eigenvalue weighted by Gasteiger charge is -2.12. The quantitative estimate of drug-likeness (QED) is 0.868. The summed E-state index contributed by atoms with van der Waals surface area (Å²) in [5.74, 6) is 1.71. The van der Waals surface area contributed by atoms with Crippen LogP contribution in [0.15, 0.2) is 36.7 Å². The van der Waals surface area contributed by atoms with E-state index in [1.165, 1.54) is 0 Å². The molecule has 112 valence electrons.